The zero-order valence-electron chi connectivity index (χ0n) is 14.6. The molecule has 3 aromatic rings. The summed E-state index contributed by atoms with van der Waals surface area (Å²) in [4.78, 5) is 31.7. The van der Waals surface area contributed by atoms with E-state index in [1.165, 1.54) is 31.0 Å². The van der Waals surface area contributed by atoms with Crippen molar-refractivity contribution in [3.8, 4) is 5.75 Å². The third-order valence-corrected chi connectivity index (χ3v) is 4.69. The van der Waals surface area contributed by atoms with E-state index in [-0.39, 0.29) is 23.0 Å². The van der Waals surface area contributed by atoms with Crippen molar-refractivity contribution in [3.05, 3.63) is 58.4 Å². The van der Waals surface area contributed by atoms with Crippen molar-refractivity contribution in [1.82, 2.24) is 9.97 Å². The van der Waals surface area contributed by atoms with Crippen LogP contribution in [0.2, 0.25) is 0 Å². The van der Waals surface area contributed by atoms with Crippen LogP contribution in [0.15, 0.2) is 47.5 Å². The molecule has 27 heavy (non-hydrogen) atoms. The molecule has 0 unspecified atom stereocenters. The predicted octanol–water partition coefficient (Wildman–Crippen LogP) is 3.59. The van der Waals surface area contributed by atoms with Gasteiger partial charge < -0.3 is 10.1 Å². The molecule has 0 aliphatic heterocycles. The van der Waals surface area contributed by atoms with E-state index in [1.54, 1.807) is 13.0 Å². The molecule has 0 aliphatic rings. The average molecular weight is 384 g/mol. The van der Waals surface area contributed by atoms with Crippen LogP contribution in [0.3, 0.4) is 0 Å². The quantitative estimate of drug-likeness (QED) is 0.299. The van der Waals surface area contributed by atoms with Gasteiger partial charge in [0.1, 0.15) is 22.3 Å². The van der Waals surface area contributed by atoms with Gasteiger partial charge in [-0.25, -0.2) is 9.97 Å². The minimum Gasteiger partial charge on any atom is -0.496 e. The molecule has 1 heterocycles. The summed E-state index contributed by atoms with van der Waals surface area (Å²) in [5, 5.41) is 15.3. The number of aryl methyl sites for hydroxylation is 1. The first-order valence-corrected chi connectivity index (χ1v) is 8.95. The van der Waals surface area contributed by atoms with Crippen LogP contribution in [0.1, 0.15) is 5.82 Å². The summed E-state index contributed by atoms with van der Waals surface area (Å²) in [6, 6.07) is 11.8. The van der Waals surface area contributed by atoms with Gasteiger partial charge in [0.2, 0.25) is 5.91 Å². The van der Waals surface area contributed by atoms with Gasteiger partial charge in [0, 0.05) is 5.39 Å². The Morgan fingerprint density at radius 1 is 1.26 bits per heavy atom. The lowest BCUT2D eigenvalue weighted by Gasteiger charge is -2.08. The molecule has 0 saturated heterocycles. The number of nitro benzene ring substituents is 1. The molecule has 138 valence electrons. The number of carbonyl (C=O) groups excluding carboxylic acids is 1. The Morgan fingerprint density at radius 3 is 2.78 bits per heavy atom. The number of benzene rings is 2. The number of carbonyl (C=O) groups is 1. The maximum Gasteiger partial charge on any atom is 0.296 e. The van der Waals surface area contributed by atoms with E-state index in [2.05, 4.69) is 15.3 Å². The number of nitro groups is 1. The molecule has 0 fully saturated rings. The largest absolute Gasteiger partial charge is 0.496 e. The summed E-state index contributed by atoms with van der Waals surface area (Å²) in [6.07, 6.45) is 0. The molecule has 0 aliphatic carbocycles. The maximum absolute atomic E-state index is 12.3. The first-order chi connectivity index (χ1) is 13.0. The molecule has 1 aromatic heterocycles. The van der Waals surface area contributed by atoms with Gasteiger partial charge in [-0.2, -0.15) is 0 Å². The number of rotatable bonds is 6. The molecular formula is C18H16N4O4S. The Balaban J connectivity index is 1.75. The number of thioether (sulfide) groups is 1. The molecule has 1 N–H and O–H groups in total. The fraction of sp³-hybridized carbons (Fsp3) is 0.167. The Hall–Kier alpha value is -3.20. The van der Waals surface area contributed by atoms with E-state index in [0.717, 1.165) is 10.9 Å². The SMILES string of the molecule is COc1ccc(NC(=O)CSc2nc(C)nc3ccccc23)c([N+](=O)[O-])c1. The van der Waals surface area contributed by atoms with E-state index in [0.29, 0.717) is 16.6 Å². The summed E-state index contributed by atoms with van der Waals surface area (Å²) < 4.78 is 4.99. The number of hydrogen-bond donors (Lipinski definition) is 1. The van der Waals surface area contributed by atoms with Crippen molar-refractivity contribution in [3.63, 3.8) is 0 Å². The molecule has 0 atom stereocenters. The fourth-order valence-electron chi connectivity index (χ4n) is 2.48. The number of anilines is 1. The molecule has 0 radical (unpaired) electrons. The predicted molar refractivity (Wildman–Crippen MR) is 103 cm³/mol. The van der Waals surface area contributed by atoms with E-state index < -0.39 is 4.92 Å². The van der Waals surface area contributed by atoms with Crippen LogP contribution in [-0.2, 0) is 4.79 Å². The highest BCUT2D eigenvalue weighted by atomic mass is 32.2. The number of hydrogen-bond acceptors (Lipinski definition) is 7. The van der Waals surface area contributed by atoms with Gasteiger partial charge in [0.15, 0.2) is 0 Å². The number of para-hydroxylation sites is 1. The minimum atomic E-state index is -0.563. The molecular weight excluding hydrogens is 368 g/mol. The number of fused-ring (bicyclic) bond motifs is 1. The fourth-order valence-corrected chi connectivity index (χ4v) is 3.35. The van der Waals surface area contributed by atoms with Crippen LogP contribution >= 0.6 is 11.8 Å². The summed E-state index contributed by atoms with van der Waals surface area (Å²) in [5.74, 6) is 0.650. The topological polar surface area (TPSA) is 107 Å². The lowest BCUT2D eigenvalue weighted by molar-refractivity contribution is -0.384. The van der Waals surface area contributed by atoms with Gasteiger partial charge in [-0.15, -0.1) is 0 Å². The lowest BCUT2D eigenvalue weighted by atomic mass is 10.2. The highest BCUT2D eigenvalue weighted by Gasteiger charge is 2.18. The summed E-state index contributed by atoms with van der Waals surface area (Å²) in [6.45, 7) is 1.79. The van der Waals surface area contributed by atoms with Crippen molar-refractivity contribution >= 4 is 39.9 Å². The highest BCUT2D eigenvalue weighted by Crippen LogP contribution is 2.30. The normalized spacial score (nSPS) is 10.6. The van der Waals surface area contributed by atoms with E-state index in [4.69, 9.17) is 4.74 Å². The smallest absolute Gasteiger partial charge is 0.296 e. The number of amides is 1. The highest BCUT2D eigenvalue weighted by molar-refractivity contribution is 8.00. The van der Waals surface area contributed by atoms with E-state index in [9.17, 15) is 14.9 Å². The molecule has 1 amide bonds. The van der Waals surface area contributed by atoms with E-state index >= 15 is 0 Å². The van der Waals surface area contributed by atoms with Crippen molar-refractivity contribution in [2.75, 3.05) is 18.2 Å². The van der Waals surface area contributed by atoms with Gasteiger partial charge in [-0.1, -0.05) is 30.0 Å². The van der Waals surface area contributed by atoms with Crippen LogP contribution in [0, 0.1) is 17.0 Å². The average Bonchev–Trinajstić information content (AvgIpc) is 2.66. The van der Waals surface area contributed by atoms with Gasteiger partial charge in [0.05, 0.1) is 29.4 Å². The monoisotopic (exact) mass is 384 g/mol. The number of nitrogens with zero attached hydrogens (tertiary/aromatic N) is 3. The standard InChI is InChI=1S/C18H16N4O4S/c1-11-19-14-6-4-3-5-13(14)18(20-11)27-10-17(23)21-15-8-7-12(26-2)9-16(15)22(24)25/h3-9H,10H2,1-2H3,(H,21,23). The molecule has 2 aromatic carbocycles. The van der Waals surface area contributed by atoms with Gasteiger partial charge >= 0.3 is 0 Å². The first kappa shape index (κ1) is 18.6. The molecule has 3 rings (SSSR count). The summed E-state index contributed by atoms with van der Waals surface area (Å²) >= 11 is 1.26. The Morgan fingerprint density at radius 2 is 2.04 bits per heavy atom. The Bertz CT molecular complexity index is 1030. The van der Waals surface area contributed by atoms with E-state index in [1.807, 2.05) is 24.3 Å². The van der Waals surface area contributed by atoms with Crippen LogP contribution in [-0.4, -0.2) is 33.7 Å². The Labute approximate surface area is 159 Å². The van der Waals surface area contributed by atoms with Gasteiger partial charge in [-0.05, 0) is 25.1 Å². The second kappa shape index (κ2) is 8.00. The summed E-state index contributed by atoms with van der Waals surface area (Å²) in [5.41, 5.74) is 0.699. The van der Waals surface area contributed by atoms with Crippen molar-refractivity contribution < 1.29 is 14.5 Å². The number of nitrogens with one attached hydrogen (secondary N) is 1. The number of methoxy groups -OCH3 is 1. The van der Waals surface area contributed by atoms with Crippen LogP contribution in [0.25, 0.3) is 10.9 Å². The summed E-state index contributed by atoms with van der Waals surface area (Å²) in [7, 11) is 1.42. The lowest BCUT2D eigenvalue weighted by Crippen LogP contribution is -2.15. The first-order valence-electron chi connectivity index (χ1n) is 7.96. The number of aromatic nitrogens is 2. The Kier molecular flexibility index (Phi) is 5.51. The molecule has 0 bridgehead atoms. The third kappa shape index (κ3) is 4.32. The second-order valence-corrected chi connectivity index (χ2v) is 6.53. The number of ether oxygens (including phenoxy) is 1. The van der Waals surface area contributed by atoms with Crippen LogP contribution in [0.4, 0.5) is 11.4 Å². The van der Waals surface area contributed by atoms with Crippen LogP contribution in [0.5, 0.6) is 5.75 Å². The zero-order chi connectivity index (χ0) is 19.4. The van der Waals surface area contributed by atoms with Crippen molar-refractivity contribution in [1.29, 1.82) is 0 Å². The van der Waals surface area contributed by atoms with Crippen LogP contribution < -0.4 is 10.1 Å². The third-order valence-electron chi connectivity index (χ3n) is 3.70. The van der Waals surface area contributed by atoms with Gasteiger partial charge in [0.25, 0.3) is 5.69 Å². The second-order valence-electron chi connectivity index (χ2n) is 5.57. The molecule has 0 saturated carbocycles. The van der Waals surface area contributed by atoms with Crippen molar-refractivity contribution in [2.24, 2.45) is 0 Å². The zero-order valence-corrected chi connectivity index (χ0v) is 15.4. The maximum atomic E-state index is 12.3. The molecule has 9 heteroatoms. The van der Waals surface area contributed by atoms with Crippen molar-refractivity contribution in [2.45, 2.75) is 11.9 Å². The molecule has 8 nitrogen and oxygen atoms in total. The molecule has 0 spiro atoms. The minimum absolute atomic E-state index is 0.0592. The van der Waals surface area contributed by atoms with Gasteiger partial charge in [-0.3, -0.25) is 14.9 Å².